The van der Waals surface area contributed by atoms with Gasteiger partial charge in [-0.05, 0) is 71.3 Å². The van der Waals surface area contributed by atoms with E-state index >= 15 is 0 Å². The Morgan fingerprint density at radius 3 is 1.72 bits per heavy atom. The van der Waals surface area contributed by atoms with Crippen LogP contribution in [0.15, 0.2) is 152 Å². The van der Waals surface area contributed by atoms with Gasteiger partial charge in [0.15, 0.2) is 0 Å². The zero-order valence-electron chi connectivity index (χ0n) is 26.7. The predicted molar refractivity (Wildman–Crippen MR) is 202 cm³/mol. The first-order chi connectivity index (χ1) is 24.7. The molecule has 0 radical (unpaired) electrons. The summed E-state index contributed by atoms with van der Waals surface area (Å²) in [6.07, 6.45) is 0. The Morgan fingerprint density at radius 1 is 0.500 bits per heavy atom. The Morgan fingerprint density at radius 2 is 1.08 bits per heavy atom. The number of nitrogens with zero attached hydrogens (tertiary/aromatic N) is 5. The molecule has 0 saturated heterocycles. The van der Waals surface area contributed by atoms with E-state index in [4.69, 9.17) is 6.57 Å². The maximum Gasteiger partial charge on any atom is 0.211 e. The zero-order chi connectivity index (χ0) is 33.8. The average molecular weight is 636 g/mol. The van der Waals surface area contributed by atoms with E-state index in [2.05, 4.69) is 92.8 Å². The van der Waals surface area contributed by atoms with Crippen molar-refractivity contribution in [3.05, 3.63) is 174 Å². The molecule has 0 unspecified atom stereocenters. The summed E-state index contributed by atoms with van der Waals surface area (Å²) >= 11 is 0. The van der Waals surface area contributed by atoms with E-state index in [0.717, 1.165) is 77.2 Å². The summed E-state index contributed by atoms with van der Waals surface area (Å²) in [4.78, 5) is 4.02. The molecule has 0 atom stereocenters. The first-order valence-electron chi connectivity index (χ1n) is 16.3. The van der Waals surface area contributed by atoms with E-state index in [1.54, 1.807) is 0 Å². The molecule has 230 valence electrons. The van der Waals surface area contributed by atoms with E-state index in [1.165, 1.54) is 0 Å². The lowest BCUT2D eigenvalue weighted by atomic mass is 9.89. The van der Waals surface area contributed by atoms with E-state index in [-0.39, 0.29) is 0 Å². The number of nitriles is 2. The molecule has 50 heavy (non-hydrogen) atoms. The molecule has 0 aliphatic heterocycles. The second kappa shape index (κ2) is 11.4. The van der Waals surface area contributed by atoms with Gasteiger partial charge in [0, 0.05) is 32.8 Å². The molecule has 0 spiro atoms. The fraction of sp³-hybridized carbons (Fsp3) is 0. The van der Waals surface area contributed by atoms with Crippen LogP contribution >= 0.6 is 0 Å². The largest absolute Gasteiger partial charge is 0.318 e. The molecular formula is C45H25N5. The first kappa shape index (κ1) is 28.8. The van der Waals surface area contributed by atoms with Crippen LogP contribution in [0.1, 0.15) is 11.1 Å². The van der Waals surface area contributed by atoms with Crippen LogP contribution in [0.25, 0.3) is 82.1 Å². The van der Waals surface area contributed by atoms with Crippen molar-refractivity contribution in [3.63, 3.8) is 0 Å². The Balaban J connectivity index is 1.27. The van der Waals surface area contributed by atoms with Crippen molar-refractivity contribution in [2.24, 2.45) is 0 Å². The lowest BCUT2D eigenvalue weighted by molar-refractivity contribution is 1.18. The Kier molecular flexibility index (Phi) is 6.56. The number of hydrogen-bond donors (Lipinski definition) is 0. The Hall–Kier alpha value is -7.39. The third kappa shape index (κ3) is 4.24. The van der Waals surface area contributed by atoms with Crippen molar-refractivity contribution in [2.45, 2.75) is 0 Å². The van der Waals surface area contributed by atoms with Crippen molar-refractivity contribution < 1.29 is 0 Å². The van der Waals surface area contributed by atoms with Crippen LogP contribution in [0.4, 0.5) is 5.69 Å². The Bertz CT molecular complexity index is 2900. The molecule has 9 aromatic rings. The van der Waals surface area contributed by atoms with Crippen LogP contribution in [0, 0.1) is 29.2 Å². The summed E-state index contributed by atoms with van der Waals surface area (Å²) in [5.41, 5.74) is 11.0. The molecule has 0 N–H and O–H groups in total. The van der Waals surface area contributed by atoms with E-state index in [1.807, 2.05) is 84.9 Å². The number of hydrogen-bond acceptors (Lipinski definition) is 2. The van der Waals surface area contributed by atoms with Crippen molar-refractivity contribution in [1.29, 1.82) is 10.5 Å². The van der Waals surface area contributed by atoms with Gasteiger partial charge in [0.1, 0.15) is 0 Å². The first-order valence-corrected chi connectivity index (χ1v) is 16.3. The summed E-state index contributed by atoms with van der Waals surface area (Å²) < 4.78 is 4.41. The third-order valence-corrected chi connectivity index (χ3v) is 9.63. The Labute approximate surface area is 288 Å². The molecule has 5 heteroatoms. The topological polar surface area (TPSA) is 61.8 Å². The summed E-state index contributed by atoms with van der Waals surface area (Å²) in [5, 5.41) is 24.4. The van der Waals surface area contributed by atoms with Crippen molar-refractivity contribution >= 4 is 49.3 Å². The predicted octanol–water partition coefficient (Wildman–Crippen LogP) is 11.5. The number of aromatic nitrogens is 2. The summed E-state index contributed by atoms with van der Waals surface area (Å²) in [6, 6.07) is 55.3. The minimum Gasteiger partial charge on any atom is -0.318 e. The van der Waals surface area contributed by atoms with Crippen molar-refractivity contribution in [3.8, 4) is 45.8 Å². The van der Waals surface area contributed by atoms with E-state index in [0.29, 0.717) is 16.8 Å². The van der Waals surface area contributed by atoms with Gasteiger partial charge < -0.3 is 9.13 Å². The van der Waals surface area contributed by atoms with Gasteiger partial charge in [-0.15, -0.1) is 0 Å². The van der Waals surface area contributed by atoms with Crippen LogP contribution in [-0.2, 0) is 0 Å². The molecule has 2 aromatic heterocycles. The molecule has 0 bridgehead atoms. The number of para-hydroxylation sites is 4. The maximum absolute atomic E-state index is 10.4. The SMILES string of the molecule is [C-]#[N+]c1cccc(-c2cccc(C#N)c2-c2ccc(-n3c4ccccc4c4cc(C#N)ccc43)cc2)c1-n1c2ccccc2c2ccccc21. The fourth-order valence-electron chi connectivity index (χ4n) is 7.52. The van der Waals surface area contributed by atoms with Gasteiger partial charge in [-0.1, -0.05) is 97.1 Å². The molecule has 0 saturated carbocycles. The molecule has 0 amide bonds. The van der Waals surface area contributed by atoms with Crippen LogP contribution in [0.5, 0.6) is 0 Å². The summed E-state index contributed by atoms with van der Waals surface area (Å²) in [6.45, 7) is 8.23. The van der Waals surface area contributed by atoms with Crippen molar-refractivity contribution in [2.75, 3.05) is 0 Å². The van der Waals surface area contributed by atoms with Gasteiger partial charge in [0.2, 0.25) is 5.69 Å². The minimum absolute atomic E-state index is 0.531. The summed E-state index contributed by atoms with van der Waals surface area (Å²) in [5.74, 6) is 0. The van der Waals surface area contributed by atoms with Crippen LogP contribution in [-0.4, -0.2) is 9.13 Å². The highest BCUT2D eigenvalue weighted by Crippen LogP contribution is 2.44. The number of rotatable bonds is 4. The molecule has 2 heterocycles. The van der Waals surface area contributed by atoms with E-state index < -0.39 is 0 Å². The van der Waals surface area contributed by atoms with Gasteiger partial charge in [0.05, 0.1) is 57.6 Å². The number of fused-ring (bicyclic) bond motifs is 6. The molecule has 0 aliphatic carbocycles. The normalized spacial score (nSPS) is 11.1. The molecular weight excluding hydrogens is 611 g/mol. The highest BCUT2D eigenvalue weighted by atomic mass is 15.0. The lowest BCUT2D eigenvalue weighted by Crippen LogP contribution is -2.00. The van der Waals surface area contributed by atoms with Gasteiger partial charge in [-0.25, -0.2) is 4.85 Å². The van der Waals surface area contributed by atoms with E-state index in [9.17, 15) is 10.5 Å². The van der Waals surface area contributed by atoms with Crippen LogP contribution in [0.3, 0.4) is 0 Å². The smallest absolute Gasteiger partial charge is 0.211 e. The molecule has 9 rings (SSSR count). The fourth-order valence-corrected chi connectivity index (χ4v) is 7.52. The maximum atomic E-state index is 10.4. The molecule has 5 nitrogen and oxygen atoms in total. The highest BCUT2D eigenvalue weighted by molar-refractivity contribution is 6.11. The van der Waals surface area contributed by atoms with Gasteiger partial charge in [-0.2, -0.15) is 10.5 Å². The number of benzene rings is 7. The zero-order valence-corrected chi connectivity index (χ0v) is 26.7. The lowest BCUT2D eigenvalue weighted by Gasteiger charge is -2.19. The van der Waals surface area contributed by atoms with Crippen LogP contribution in [0.2, 0.25) is 0 Å². The monoisotopic (exact) mass is 635 g/mol. The standard InChI is InChI=1S/C45H25N5/c1-48-39-16-9-15-37(45(39)50-41-18-6-2-11-33(41)34-12-3-7-19-42(34)50)36-14-8-10-31(28-47)44(36)30-21-23-32(24-22-30)49-40-17-5-4-13-35(40)38-26-29(27-46)20-25-43(38)49/h2-26H. The van der Waals surface area contributed by atoms with Gasteiger partial charge >= 0.3 is 0 Å². The minimum atomic E-state index is 0.531. The molecule has 0 fully saturated rings. The molecule has 0 aliphatic rings. The highest BCUT2D eigenvalue weighted by Gasteiger charge is 2.22. The van der Waals surface area contributed by atoms with Crippen molar-refractivity contribution in [1.82, 2.24) is 9.13 Å². The van der Waals surface area contributed by atoms with Crippen LogP contribution < -0.4 is 0 Å². The quantitative estimate of drug-likeness (QED) is 0.181. The summed E-state index contributed by atoms with van der Waals surface area (Å²) in [7, 11) is 0. The van der Waals surface area contributed by atoms with Gasteiger partial charge in [-0.3, -0.25) is 0 Å². The molecule has 7 aromatic carbocycles. The van der Waals surface area contributed by atoms with Gasteiger partial charge in [0.25, 0.3) is 0 Å². The second-order valence-corrected chi connectivity index (χ2v) is 12.2. The average Bonchev–Trinajstić information content (AvgIpc) is 3.69. The second-order valence-electron chi connectivity index (χ2n) is 12.2. The third-order valence-electron chi connectivity index (χ3n) is 9.63.